The van der Waals surface area contributed by atoms with E-state index in [1.165, 1.54) is 20.7 Å². The van der Waals surface area contributed by atoms with Crippen LogP contribution in [-0.4, -0.2) is 28.7 Å². The molecule has 4 rings (SSSR count). The summed E-state index contributed by atoms with van der Waals surface area (Å²) < 4.78 is 8.04. The van der Waals surface area contributed by atoms with E-state index in [-0.39, 0.29) is 12.1 Å². The van der Waals surface area contributed by atoms with Crippen molar-refractivity contribution >= 4 is 37.4 Å². The highest BCUT2D eigenvalue weighted by molar-refractivity contribution is 7.09. The fraction of sp³-hybridized carbons (Fsp3) is 0.250. The highest BCUT2D eigenvalue weighted by Crippen LogP contribution is 2.26. The second kappa shape index (κ2) is 12.6. The summed E-state index contributed by atoms with van der Waals surface area (Å²) in [5.74, 6) is 0. The Kier molecular flexibility index (Phi) is 9.30. The first-order chi connectivity index (χ1) is 18.0. The second-order valence-corrected chi connectivity index (χ2v) is 17.7. The van der Waals surface area contributed by atoms with Crippen molar-refractivity contribution in [1.29, 1.82) is 0 Å². The Bertz CT molecular complexity index is 1030. The Labute approximate surface area is 224 Å². The van der Waals surface area contributed by atoms with E-state index in [2.05, 4.69) is 135 Å². The molecule has 0 bridgehead atoms. The van der Waals surface area contributed by atoms with Crippen molar-refractivity contribution in [3.8, 4) is 0 Å². The maximum absolute atomic E-state index is 8.04. The van der Waals surface area contributed by atoms with Gasteiger partial charge in [-0.2, -0.15) is 0 Å². The summed E-state index contributed by atoms with van der Waals surface area (Å²) in [6.07, 6.45) is 1.80. The topological polar surface area (TPSA) is 61.3 Å². The van der Waals surface area contributed by atoms with Crippen molar-refractivity contribution in [3.63, 3.8) is 0 Å². The molecule has 0 saturated heterocycles. The third-order valence-corrected chi connectivity index (χ3v) is 17.0. The standard InChI is InChI=1S/C32H40N2OSi2/c1-27(33)23-25-36(29-15-7-3-8-16-29,30-17-9-4-10-18-30)35-37(26-24-28(2)34,31-19-11-5-12-20-31)32-21-13-6-14-22-32/h3-22,27-28H,23-26,33-34H2,1-2H3. The summed E-state index contributed by atoms with van der Waals surface area (Å²) in [7, 11) is -5.49. The molecule has 0 spiro atoms. The van der Waals surface area contributed by atoms with Crippen LogP contribution in [0.5, 0.6) is 0 Å². The van der Waals surface area contributed by atoms with Crippen molar-refractivity contribution in [2.75, 3.05) is 0 Å². The monoisotopic (exact) mass is 524 g/mol. The Morgan fingerprint density at radius 1 is 0.486 bits per heavy atom. The van der Waals surface area contributed by atoms with Gasteiger partial charge in [-0.3, -0.25) is 0 Å². The second-order valence-electron chi connectivity index (χ2n) is 10.3. The molecule has 0 aliphatic rings. The van der Waals surface area contributed by atoms with E-state index in [4.69, 9.17) is 15.6 Å². The minimum atomic E-state index is -2.74. The molecule has 192 valence electrons. The van der Waals surface area contributed by atoms with Gasteiger partial charge in [-0.25, -0.2) is 0 Å². The number of nitrogens with two attached hydrogens (primary N) is 2. The predicted molar refractivity (Wildman–Crippen MR) is 163 cm³/mol. The lowest BCUT2D eigenvalue weighted by atomic mass is 10.3. The van der Waals surface area contributed by atoms with Crippen molar-refractivity contribution in [2.45, 2.75) is 50.9 Å². The van der Waals surface area contributed by atoms with Crippen LogP contribution in [0.25, 0.3) is 0 Å². The highest BCUT2D eigenvalue weighted by atomic mass is 28.4. The average molecular weight is 525 g/mol. The molecule has 4 aromatic rings. The van der Waals surface area contributed by atoms with Crippen LogP contribution in [0, 0.1) is 0 Å². The van der Waals surface area contributed by atoms with E-state index >= 15 is 0 Å². The molecule has 0 fully saturated rings. The number of rotatable bonds is 12. The van der Waals surface area contributed by atoms with E-state index in [1.807, 2.05) is 0 Å². The molecule has 0 aliphatic carbocycles. The van der Waals surface area contributed by atoms with Gasteiger partial charge in [-0.1, -0.05) is 121 Å². The zero-order valence-corrected chi connectivity index (χ0v) is 24.1. The van der Waals surface area contributed by atoms with Crippen LogP contribution < -0.4 is 32.2 Å². The molecule has 0 aromatic heterocycles. The highest BCUT2D eigenvalue weighted by Gasteiger charge is 2.50. The lowest BCUT2D eigenvalue weighted by Crippen LogP contribution is -2.73. The minimum Gasteiger partial charge on any atom is -0.442 e. The number of benzene rings is 4. The molecule has 0 heterocycles. The van der Waals surface area contributed by atoms with Crippen molar-refractivity contribution in [3.05, 3.63) is 121 Å². The van der Waals surface area contributed by atoms with Crippen LogP contribution in [0.3, 0.4) is 0 Å². The van der Waals surface area contributed by atoms with Crippen LogP contribution >= 0.6 is 0 Å². The molecule has 3 nitrogen and oxygen atoms in total. The Hall–Kier alpha value is -2.81. The first kappa shape index (κ1) is 27.2. The first-order valence-corrected chi connectivity index (χ1v) is 17.6. The molecule has 5 heteroatoms. The van der Waals surface area contributed by atoms with Gasteiger partial charge in [-0.15, -0.1) is 0 Å². The summed E-state index contributed by atoms with van der Waals surface area (Å²) in [6.45, 7) is 4.20. The third kappa shape index (κ3) is 6.37. The van der Waals surface area contributed by atoms with E-state index in [9.17, 15) is 0 Å². The molecule has 0 saturated carbocycles. The Morgan fingerprint density at radius 3 is 0.946 bits per heavy atom. The summed E-state index contributed by atoms with van der Waals surface area (Å²) in [5.41, 5.74) is 12.8. The fourth-order valence-corrected chi connectivity index (χ4v) is 16.8. The minimum absolute atomic E-state index is 0.0940. The van der Waals surface area contributed by atoms with Gasteiger partial charge in [0.25, 0.3) is 0 Å². The molecule has 4 N–H and O–H groups in total. The van der Waals surface area contributed by atoms with Gasteiger partial charge in [0.15, 0.2) is 0 Å². The van der Waals surface area contributed by atoms with Gasteiger partial charge in [0.1, 0.15) is 0 Å². The molecule has 0 aliphatic heterocycles. The molecule has 2 atom stereocenters. The van der Waals surface area contributed by atoms with Gasteiger partial charge in [0.05, 0.1) is 0 Å². The van der Waals surface area contributed by atoms with Gasteiger partial charge in [0.2, 0.25) is 16.6 Å². The zero-order chi connectivity index (χ0) is 26.1. The zero-order valence-electron chi connectivity index (χ0n) is 22.1. The SMILES string of the molecule is CC(N)CC[Si](O[Si](CCC(C)N)(c1ccccc1)c1ccccc1)(c1ccccc1)c1ccccc1. The van der Waals surface area contributed by atoms with Crippen molar-refractivity contribution in [1.82, 2.24) is 0 Å². The lowest BCUT2D eigenvalue weighted by molar-refractivity contribution is 0.545. The lowest BCUT2D eigenvalue weighted by Gasteiger charge is -2.44. The quantitative estimate of drug-likeness (QED) is 0.276. The smallest absolute Gasteiger partial charge is 0.245 e. The van der Waals surface area contributed by atoms with E-state index in [0.717, 1.165) is 24.9 Å². The van der Waals surface area contributed by atoms with Gasteiger partial charge in [0, 0.05) is 12.1 Å². The largest absolute Gasteiger partial charge is 0.442 e. The molecular formula is C32H40N2OSi2. The molecule has 4 aromatic carbocycles. The number of hydrogen-bond acceptors (Lipinski definition) is 3. The van der Waals surface area contributed by atoms with E-state index in [0.29, 0.717) is 0 Å². The van der Waals surface area contributed by atoms with Crippen molar-refractivity contribution in [2.24, 2.45) is 11.5 Å². The van der Waals surface area contributed by atoms with Gasteiger partial charge in [-0.05, 0) is 59.5 Å². The molecule has 37 heavy (non-hydrogen) atoms. The number of hydrogen-bond donors (Lipinski definition) is 2. The summed E-state index contributed by atoms with van der Waals surface area (Å²) >= 11 is 0. The molecular weight excluding hydrogens is 485 g/mol. The van der Waals surface area contributed by atoms with Crippen LogP contribution in [-0.2, 0) is 4.12 Å². The van der Waals surface area contributed by atoms with Crippen molar-refractivity contribution < 1.29 is 4.12 Å². The predicted octanol–water partition coefficient (Wildman–Crippen LogP) is 4.00. The van der Waals surface area contributed by atoms with Crippen LogP contribution in [0.2, 0.25) is 12.1 Å². The summed E-state index contributed by atoms with van der Waals surface area (Å²) in [6, 6.07) is 45.7. The fourth-order valence-electron chi connectivity index (χ4n) is 5.24. The van der Waals surface area contributed by atoms with Crippen LogP contribution in [0.1, 0.15) is 26.7 Å². The Balaban J connectivity index is 2.01. The first-order valence-electron chi connectivity index (χ1n) is 13.4. The summed E-state index contributed by atoms with van der Waals surface area (Å²) in [5, 5.41) is 5.19. The van der Waals surface area contributed by atoms with E-state index < -0.39 is 16.6 Å². The third-order valence-electron chi connectivity index (χ3n) is 7.21. The van der Waals surface area contributed by atoms with E-state index in [1.54, 1.807) is 0 Å². The van der Waals surface area contributed by atoms with Crippen LogP contribution in [0.4, 0.5) is 0 Å². The maximum atomic E-state index is 8.04. The van der Waals surface area contributed by atoms with Crippen LogP contribution in [0.15, 0.2) is 121 Å². The molecule has 0 amide bonds. The summed E-state index contributed by atoms with van der Waals surface area (Å²) in [4.78, 5) is 0. The molecule has 0 radical (unpaired) electrons. The normalized spacial score (nSPS) is 13.7. The van der Waals surface area contributed by atoms with Gasteiger partial charge >= 0.3 is 0 Å². The Morgan fingerprint density at radius 2 is 0.730 bits per heavy atom. The maximum Gasteiger partial charge on any atom is 0.245 e. The molecule has 2 unspecified atom stereocenters. The average Bonchev–Trinajstić information content (AvgIpc) is 2.95. The van der Waals surface area contributed by atoms with Gasteiger partial charge < -0.3 is 15.6 Å².